The molecule has 86 valence electrons. The summed E-state index contributed by atoms with van der Waals surface area (Å²) in [5.41, 5.74) is 0. The number of hydrogen-bond donors (Lipinski definition) is 1. The highest BCUT2D eigenvalue weighted by Gasteiger charge is 2.04. The number of nitrogens with one attached hydrogen (secondary N) is 1. The molecule has 6 nitrogen and oxygen atoms in total. The lowest BCUT2D eigenvalue weighted by Gasteiger charge is -2.04. The van der Waals surface area contributed by atoms with Crippen LogP contribution in [0.3, 0.4) is 0 Å². The van der Waals surface area contributed by atoms with Gasteiger partial charge in [0.05, 0.1) is 6.54 Å². The number of aromatic nitrogens is 4. The molecule has 0 aromatic carbocycles. The van der Waals surface area contributed by atoms with Gasteiger partial charge in [0.15, 0.2) is 5.82 Å². The largest absolute Gasteiger partial charge is 0.385 e. The van der Waals surface area contributed by atoms with Crippen molar-refractivity contribution in [2.24, 2.45) is 0 Å². The molecule has 0 spiro atoms. The number of rotatable bonds is 8. The molecule has 1 aromatic rings. The zero-order valence-electron chi connectivity index (χ0n) is 9.44. The van der Waals surface area contributed by atoms with Gasteiger partial charge >= 0.3 is 0 Å². The first-order valence-electron chi connectivity index (χ1n) is 5.33. The molecule has 6 heteroatoms. The summed E-state index contributed by atoms with van der Waals surface area (Å²) in [6.45, 7) is 5.40. The molecular weight excluding hydrogens is 194 g/mol. The maximum Gasteiger partial charge on any atom is 0.165 e. The molecule has 15 heavy (non-hydrogen) atoms. The highest BCUT2D eigenvalue weighted by molar-refractivity contribution is 4.79. The number of hydrogen-bond acceptors (Lipinski definition) is 5. The average Bonchev–Trinajstić information content (AvgIpc) is 2.67. The van der Waals surface area contributed by atoms with Crippen LogP contribution in [-0.2, 0) is 17.8 Å². The summed E-state index contributed by atoms with van der Waals surface area (Å²) in [5, 5.41) is 14.8. The fraction of sp³-hybridized carbons (Fsp3) is 0.889. The van der Waals surface area contributed by atoms with E-state index in [0.29, 0.717) is 0 Å². The van der Waals surface area contributed by atoms with Gasteiger partial charge in [-0.05, 0) is 29.8 Å². The van der Waals surface area contributed by atoms with Crippen LogP contribution in [0.1, 0.15) is 25.6 Å². The second kappa shape index (κ2) is 7.30. The summed E-state index contributed by atoms with van der Waals surface area (Å²) >= 11 is 0. The molecule has 1 aromatic heterocycles. The van der Waals surface area contributed by atoms with Crippen molar-refractivity contribution in [3.63, 3.8) is 0 Å². The molecule has 0 unspecified atom stereocenters. The first kappa shape index (κ1) is 12.1. The van der Waals surface area contributed by atoms with E-state index in [1.807, 2.05) is 4.68 Å². The summed E-state index contributed by atoms with van der Waals surface area (Å²) in [7, 11) is 1.70. The molecule has 0 aliphatic rings. The Bertz CT molecular complexity index is 238. The van der Waals surface area contributed by atoms with Gasteiger partial charge in [0, 0.05) is 20.3 Å². The molecular formula is C9H19N5O. The van der Waals surface area contributed by atoms with Gasteiger partial charge in [-0.2, -0.15) is 0 Å². The molecule has 0 radical (unpaired) electrons. The second-order valence-electron chi connectivity index (χ2n) is 3.34. The predicted octanol–water partition coefficient (Wildman–Crippen LogP) is 0.209. The smallest absolute Gasteiger partial charge is 0.165 e. The third-order valence-corrected chi connectivity index (χ3v) is 2.03. The molecule has 0 saturated heterocycles. The number of methoxy groups -OCH3 is 1. The Labute approximate surface area is 90.0 Å². The summed E-state index contributed by atoms with van der Waals surface area (Å²) in [6.07, 6.45) is 2.05. The van der Waals surface area contributed by atoms with Crippen LogP contribution in [0, 0.1) is 0 Å². The van der Waals surface area contributed by atoms with Crippen molar-refractivity contribution < 1.29 is 4.74 Å². The third-order valence-electron chi connectivity index (χ3n) is 2.03. The average molecular weight is 213 g/mol. The van der Waals surface area contributed by atoms with E-state index in [4.69, 9.17) is 4.74 Å². The van der Waals surface area contributed by atoms with Crippen LogP contribution in [0.15, 0.2) is 0 Å². The molecule has 1 heterocycles. The van der Waals surface area contributed by atoms with Crippen molar-refractivity contribution in [2.75, 3.05) is 20.3 Å². The maximum atomic E-state index is 4.98. The van der Waals surface area contributed by atoms with Gasteiger partial charge in [0.1, 0.15) is 0 Å². The molecule has 0 saturated carbocycles. The van der Waals surface area contributed by atoms with Gasteiger partial charge < -0.3 is 10.1 Å². The van der Waals surface area contributed by atoms with Crippen molar-refractivity contribution >= 4 is 0 Å². The molecule has 0 bridgehead atoms. The van der Waals surface area contributed by atoms with Gasteiger partial charge in [0.25, 0.3) is 0 Å². The SMILES string of the molecule is CCCNCc1nnnn1CCCOC. The lowest BCUT2D eigenvalue weighted by atomic mass is 10.4. The highest BCUT2D eigenvalue weighted by atomic mass is 16.5. The molecule has 0 atom stereocenters. The van der Waals surface area contributed by atoms with Gasteiger partial charge in [-0.15, -0.1) is 5.10 Å². The van der Waals surface area contributed by atoms with Crippen LogP contribution in [-0.4, -0.2) is 40.5 Å². The Morgan fingerprint density at radius 1 is 1.47 bits per heavy atom. The molecule has 0 aliphatic heterocycles. The lowest BCUT2D eigenvalue weighted by Crippen LogP contribution is -2.18. The molecule has 0 fully saturated rings. The summed E-state index contributed by atoms with van der Waals surface area (Å²) in [5.74, 6) is 0.888. The van der Waals surface area contributed by atoms with Crippen LogP contribution in [0.5, 0.6) is 0 Å². The second-order valence-corrected chi connectivity index (χ2v) is 3.34. The topological polar surface area (TPSA) is 64.9 Å². The van der Waals surface area contributed by atoms with E-state index in [-0.39, 0.29) is 0 Å². The van der Waals surface area contributed by atoms with Crippen LogP contribution >= 0.6 is 0 Å². The van der Waals surface area contributed by atoms with Crippen molar-refractivity contribution in [1.29, 1.82) is 0 Å². The van der Waals surface area contributed by atoms with E-state index in [1.165, 1.54) is 0 Å². The van der Waals surface area contributed by atoms with Crippen molar-refractivity contribution in [3.05, 3.63) is 5.82 Å². The van der Waals surface area contributed by atoms with E-state index in [2.05, 4.69) is 27.8 Å². The van der Waals surface area contributed by atoms with Crippen LogP contribution < -0.4 is 5.32 Å². The highest BCUT2D eigenvalue weighted by Crippen LogP contribution is 1.94. The maximum absolute atomic E-state index is 4.98. The Hall–Kier alpha value is -1.01. The number of aryl methyl sites for hydroxylation is 1. The van der Waals surface area contributed by atoms with E-state index >= 15 is 0 Å². The zero-order valence-corrected chi connectivity index (χ0v) is 9.44. The third kappa shape index (κ3) is 4.35. The van der Waals surface area contributed by atoms with Crippen LogP contribution in [0.25, 0.3) is 0 Å². The van der Waals surface area contributed by atoms with Crippen molar-refractivity contribution in [2.45, 2.75) is 32.9 Å². The lowest BCUT2D eigenvalue weighted by molar-refractivity contribution is 0.188. The van der Waals surface area contributed by atoms with E-state index in [9.17, 15) is 0 Å². The molecule has 0 amide bonds. The van der Waals surface area contributed by atoms with Crippen molar-refractivity contribution in [1.82, 2.24) is 25.5 Å². The Balaban J connectivity index is 2.32. The summed E-state index contributed by atoms with van der Waals surface area (Å²) in [6, 6.07) is 0. The van der Waals surface area contributed by atoms with E-state index in [1.54, 1.807) is 7.11 Å². The quantitative estimate of drug-likeness (QED) is 0.625. The molecule has 1 rings (SSSR count). The fourth-order valence-corrected chi connectivity index (χ4v) is 1.26. The first-order chi connectivity index (χ1) is 7.38. The number of tetrazole rings is 1. The van der Waals surface area contributed by atoms with Gasteiger partial charge in [-0.3, -0.25) is 0 Å². The van der Waals surface area contributed by atoms with Crippen molar-refractivity contribution in [3.8, 4) is 0 Å². The van der Waals surface area contributed by atoms with Gasteiger partial charge in [-0.25, -0.2) is 4.68 Å². The normalized spacial score (nSPS) is 10.8. The zero-order chi connectivity index (χ0) is 10.9. The number of ether oxygens (including phenoxy) is 1. The summed E-state index contributed by atoms with van der Waals surface area (Å²) in [4.78, 5) is 0. The molecule has 1 N–H and O–H groups in total. The minimum absolute atomic E-state index is 0.730. The molecule has 0 aliphatic carbocycles. The van der Waals surface area contributed by atoms with Crippen LogP contribution in [0.4, 0.5) is 0 Å². The first-order valence-corrected chi connectivity index (χ1v) is 5.33. The van der Waals surface area contributed by atoms with Gasteiger partial charge in [-0.1, -0.05) is 6.92 Å². The van der Waals surface area contributed by atoms with E-state index in [0.717, 1.165) is 44.9 Å². The monoisotopic (exact) mass is 213 g/mol. The van der Waals surface area contributed by atoms with Gasteiger partial charge in [0.2, 0.25) is 0 Å². The predicted molar refractivity (Wildman–Crippen MR) is 56.3 cm³/mol. The number of nitrogens with zero attached hydrogens (tertiary/aromatic N) is 4. The Morgan fingerprint density at radius 3 is 3.07 bits per heavy atom. The fourth-order valence-electron chi connectivity index (χ4n) is 1.26. The summed E-state index contributed by atoms with van der Waals surface area (Å²) < 4.78 is 6.80. The van der Waals surface area contributed by atoms with E-state index < -0.39 is 0 Å². The minimum atomic E-state index is 0.730. The Kier molecular flexibility index (Phi) is 5.87. The standard InChI is InChI=1S/C9H19N5O/c1-3-5-10-8-9-11-12-13-14(9)6-4-7-15-2/h10H,3-8H2,1-2H3. The minimum Gasteiger partial charge on any atom is -0.385 e. The Morgan fingerprint density at radius 2 is 2.33 bits per heavy atom. The van der Waals surface area contributed by atoms with Crippen LogP contribution in [0.2, 0.25) is 0 Å².